The Morgan fingerprint density at radius 2 is 1.53 bits per heavy atom. The van der Waals surface area contributed by atoms with E-state index in [0.717, 1.165) is 21.0 Å². The molecule has 0 fully saturated rings. The van der Waals surface area contributed by atoms with Gasteiger partial charge in [0.15, 0.2) is 0 Å². The fourth-order valence-electron chi connectivity index (χ4n) is 3.74. The van der Waals surface area contributed by atoms with E-state index in [0.29, 0.717) is 5.56 Å². The van der Waals surface area contributed by atoms with Crippen molar-refractivity contribution < 1.29 is 22.0 Å². The normalized spacial score (nSPS) is 16.6. The molecule has 3 aromatic carbocycles. The summed E-state index contributed by atoms with van der Waals surface area (Å²) in [7, 11) is 0. The lowest BCUT2D eigenvalue weighted by Crippen LogP contribution is -2.43. The first kappa shape index (κ1) is 24.8. The fraction of sp³-hybridized carbons (Fsp3) is 0.208. The number of hydrogen-bond acceptors (Lipinski definition) is 3. The number of thioether (sulfide) groups is 1. The van der Waals surface area contributed by atoms with Crippen molar-refractivity contribution in [1.82, 2.24) is 0 Å². The lowest BCUT2D eigenvalue weighted by molar-refractivity contribution is -0.249. The first-order valence-corrected chi connectivity index (χ1v) is 12.0. The lowest BCUT2D eigenvalue weighted by Gasteiger charge is -2.25. The van der Waals surface area contributed by atoms with Crippen LogP contribution in [0.2, 0.25) is 10.0 Å². The van der Waals surface area contributed by atoms with Crippen LogP contribution in [0, 0.1) is 0 Å². The molecule has 0 aromatic heterocycles. The molecule has 0 amide bonds. The Hall–Kier alpha value is -2.29. The Labute approximate surface area is 207 Å². The zero-order valence-corrected chi connectivity index (χ0v) is 19.9. The minimum absolute atomic E-state index is 0.204. The number of nitrogens with zero attached hydrogens (tertiary/aromatic N) is 2. The Kier molecular flexibility index (Phi) is 6.86. The number of anilines is 1. The van der Waals surface area contributed by atoms with E-state index in [1.807, 2.05) is 36.6 Å². The zero-order valence-electron chi connectivity index (χ0n) is 17.6. The molecular formula is C24H17Cl2F5N2S. The monoisotopic (exact) mass is 530 g/mol. The first-order chi connectivity index (χ1) is 16.0. The number of hydrogen-bond donors (Lipinski definition) is 0. The summed E-state index contributed by atoms with van der Waals surface area (Å²) in [4.78, 5) is 1.08. The third-order valence-electron chi connectivity index (χ3n) is 5.44. The van der Waals surface area contributed by atoms with Crippen LogP contribution in [0.15, 0.2) is 76.7 Å². The van der Waals surface area contributed by atoms with Crippen LogP contribution in [0.3, 0.4) is 0 Å². The highest BCUT2D eigenvalue weighted by molar-refractivity contribution is 7.98. The highest BCUT2D eigenvalue weighted by Gasteiger charge is 2.62. The molecule has 178 valence electrons. The number of hydrazone groups is 1. The molecule has 3 aromatic rings. The van der Waals surface area contributed by atoms with Crippen LogP contribution >= 0.6 is 35.0 Å². The quantitative estimate of drug-likeness (QED) is 0.241. The van der Waals surface area contributed by atoms with Gasteiger partial charge in [0.05, 0.1) is 11.7 Å². The van der Waals surface area contributed by atoms with Crippen molar-refractivity contribution in [2.45, 2.75) is 29.5 Å². The van der Waals surface area contributed by atoms with Gasteiger partial charge in [0.25, 0.3) is 0 Å². The third kappa shape index (κ3) is 4.90. The van der Waals surface area contributed by atoms with E-state index < -0.39 is 30.3 Å². The van der Waals surface area contributed by atoms with E-state index in [4.69, 9.17) is 23.2 Å². The van der Waals surface area contributed by atoms with E-state index in [2.05, 4.69) is 5.10 Å². The summed E-state index contributed by atoms with van der Waals surface area (Å²) in [6.07, 6.45) is -4.43. The van der Waals surface area contributed by atoms with Gasteiger partial charge in [-0.1, -0.05) is 53.5 Å². The second-order valence-corrected chi connectivity index (χ2v) is 9.42. The molecule has 0 N–H and O–H groups in total. The van der Waals surface area contributed by atoms with E-state index in [-0.39, 0.29) is 15.7 Å². The number of rotatable bonds is 5. The van der Waals surface area contributed by atoms with E-state index in [1.165, 1.54) is 18.2 Å². The summed E-state index contributed by atoms with van der Waals surface area (Å²) in [6, 6.07) is 18.1. The van der Waals surface area contributed by atoms with Crippen LogP contribution in [0.1, 0.15) is 18.0 Å². The average Bonchev–Trinajstić information content (AvgIpc) is 3.24. The van der Waals surface area contributed by atoms with Gasteiger partial charge in [-0.25, -0.2) is 0 Å². The smallest absolute Gasteiger partial charge is 0.257 e. The molecular weight excluding hydrogens is 514 g/mol. The number of halogens is 7. The van der Waals surface area contributed by atoms with Gasteiger partial charge in [0.1, 0.15) is 5.71 Å². The van der Waals surface area contributed by atoms with Crippen molar-refractivity contribution in [3.05, 3.63) is 82.3 Å². The van der Waals surface area contributed by atoms with Gasteiger partial charge in [0.2, 0.25) is 0 Å². The van der Waals surface area contributed by atoms with Gasteiger partial charge < -0.3 is 0 Å². The predicted octanol–water partition coefficient (Wildman–Crippen LogP) is 8.89. The summed E-state index contributed by atoms with van der Waals surface area (Å²) in [5.41, 5.74) is 1.15. The summed E-state index contributed by atoms with van der Waals surface area (Å²) < 4.78 is 67.9. The maximum atomic E-state index is 14.3. The van der Waals surface area contributed by atoms with Crippen LogP contribution in [0.4, 0.5) is 27.6 Å². The van der Waals surface area contributed by atoms with Crippen molar-refractivity contribution in [1.29, 1.82) is 0 Å². The molecule has 0 saturated carbocycles. The maximum absolute atomic E-state index is 14.3. The van der Waals surface area contributed by atoms with E-state index in [1.54, 1.807) is 30.0 Å². The molecule has 1 unspecified atom stereocenters. The minimum Gasteiger partial charge on any atom is -0.257 e. The molecule has 0 bridgehead atoms. The highest BCUT2D eigenvalue weighted by Crippen LogP contribution is 2.45. The third-order valence-corrected chi connectivity index (χ3v) is 6.62. The number of alkyl halides is 5. The van der Waals surface area contributed by atoms with Crippen molar-refractivity contribution in [3.8, 4) is 11.1 Å². The molecule has 0 spiro atoms. The van der Waals surface area contributed by atoms with Crippen LogP contribution < -0.4 is 5.01 Å². The maximum Gasteiger partial charge on any atom is 0.459 e. The van der Waals surface area contributed by atoms with Crippen molar-refractivity contribution in [2.75, 3.05) is 11.3 Å². The topological polar surface area (TPSA) is 15.6 Å². The fourth-order valence-corrected chi connectivity index (χ4v) is 4.66. The van der Waals surface area contributed by atoms with Crippen molar-refractivity contribution in [2.24, 2.45) is 5.10 Å². The molecule has 0 saturated heterocycles. The van der Waals surface area contributed by atoms with Crippen molar-refractivity contribution in [3.63, 3.8) is 0 Å². The Bertz CT molecular complexity index is 1210. The molecule has 10 heteroatoms. The SMILES string of the molecule is CSc1ccc(-c2cccc(C3CC(C(F)(F)C(F)(F)F)=NN3c3cc(Cl)cc(Cl)c3)c2)cc1. The second-order valence-electron chi connectivity index (χ2n) is 7.66. The molecule has 0 aliphatic carbocycles. The van der Waals surface area contributed by atoms with Gasteiger partial charge in [-0.2, -0.15) is 27.1 Å². The predicted molar refractivity (Wildman–Crippen MR) is 128 cm³/mol. The molecule has 4 rings (SSSR count). The van der Waals surface area contributed by atoms with Crippen LogP contribution in [0.5, 0.6) is 0 Å². The average molecular weight is 531 g/mol. The summed E-state index contributed by atoms with van der Waals surface area (Å²) >= 11 is 13.7. The highest BCUT2D eigenvalue weighted by atomic mass is 35.5. The van der Waals surface area contributed by atoms with Crippen LogP contribution in [-0.2, 0) is 0 Å². The molecule has 34 heavy (non-hydrogen) atoms. The number of benzene rings is 3. The van der Waals surface area contributed by atoms with Gasteiger partial charge >= 0.3 is 12.1 Å². The molecule has 1 aliphatic heterocycles. The summed E-state index contributed by atoms with van der Waals surface area (Å²) in [5, 5.41) is 5.26. The largest absolute Gasteiger partial charge is 0.459 e. The Morgan fingerprint density at radius 3 is 2.12 bits per heavy atom. The van der Waals surface area contributed by atoms with Gasteiger partial charge in [0, 0.05) is 21.4 Å². The Balaban J connectivity index is 1.77. The molecule has 1 atom stereocenters. The van der Waals surface area contributed by atoms with E-state index in [9.17, 15) is 22.0 Å². The van der Waals surface area contributed by atoms with E-state index >= 15 is 0 Å². The summed E-state index contributed by atoms with van der Waals surface area (Å²) in [6.45, 7) is 0. The van der Waals surface area contributed by atoms with Crippen molar-refractivity contribution >= 4 is 46.4 Å². The van der Waals surface area contributed by atoms with Gasteiger partial charge in [-0.05, 0) is 59.3 Å². The zero-order chi connectivity index (χ0) is 24.7. The Morgan fingerprint density at radius 1 is 0.882 bits per heavy atom. The standard InChI is InChI=1S/C24H17Cl2F5N2S/c1-34-20-7-5-14(6-8-20)15-3-2-4-16(9-15)21-13-22(23(27,28)24(29,30)31)32-33(21)19-11-17(25)10-18(26)12-19/h2-12,21H,13H2,1H3. The van der Waals surface area contributed by atoms with Gasteiger partial charge in [-0.15, -0.1) is 11.8 Å². The van der Waals surface area contributed by atoms with Crippen LogP contribution in [-0.4, -0.2) is 24.1 Å². The molecule has 1 heterocycles. The lowest BCUT2D eigenvalue weighted by atomic mass is 9.95. The van der Waals surface area contributed by atoms with Gasteiger partial charge in [-0.3, -0.25) is 5.01 Å². The first-order valence-electron chi connectivity index (χ1n) is 10.0. The molecule has 1 aliphatic rings. The minimum atomic E-state index is -5.76. The summed E-state index contributed by atoms with van der Waals surface area (Å²) in [5.74, 6) is -5.08. The molecule has 2 nitrogen and oxygen atoms in total. The van der Waals surface area contributed by atoms with Crippen LogP contribution in [0.25, 0.3) is 11.1 Å². The molecule has 0 radical (unpaired) electrons. The second kappa shape index (κ2) is 9.40.